The number of nitrogens with one attached hydrogen (secondary N) is 1. The van der Waals surface area contributed by atoms with Crippen LogP contribution in [0.1, 0.15) is 11.1 Å². The van der Waals surface area contributed by atoms with Crippen molar-refractivity contribution in [2.75, 3.05) is 5.73 Å². The molecular weight excluding hydrogens is 257 g/mol. The highest BCUT2D eigenvalue weighted by molar-refractivity contribution is 5.83. The van der Waals surface area contributed by atoms with Gasteiger partial charge in [-0.1, -0.05) is 24.3 Å². The van der Waals surface area contributed by atoms with Crippen molar-refractivity contribution in [3.63, 3.8) is 0 Å². The molecule has 2 rings (SSSR count). The molecule has 102 valence electrons. The lowest BCUT2D eigenvalue weighted by molar-refractivity contribution is -0.120. The van der Waals surface area contributed by atoms with Gasteiger partial charge in [-0.25, -0.2) is 9.82 Å². The fourth-order valence-electron chi connectivity index (χ4n) is 1.59. The molecule has 1 amide bonds. The Kier molecular flexibility index (Phi) is 4.44. The number of nitrogen functional groups attached to an aromatic ring is 1. The zero-order valence-corrected chi connectivity index (χ0v) is 10.7. The maximum atomic E-state index is 12.7. The van der Waals surface area contributed by atoms with Crippen LogP contribution in [0.5, 0.6) is 0 Å². The molecule has 3 N–H and O–H groups in total. The number of carbonyl (C=O) groups excluding carboxylic acids is 1. The Morgan fingerprint density at radius 3 is 2.45 bits per heavy atom. The average Bonchev–Trinajstić information content (AvgIpc) is 2.44. The molecule has 0 fully saturated rings. The summed E-state index contributed by atoms with van der Waals surface area (Å²) in [7, 11) is 0. The van der Waals surface area contributed by atoms with Crippen LogP contribution in [0.15, 0.2) is 53.6 Å². The van der Waals surface area contributed by atoms with Gasteiger partial charge in [0.25, 0.3) is 0 Å². The molecule has 0 heterocycles. The highest BCUT2D eigenvalue weighted by Crippen LogP contribution is 2.05. The first-order valence-corrected chi connectivity index (χ1v) is 6.05. The van der Waals surface area contributed by atoms with Crippen LogP contribution in [-0.2, 0) is 11.2 Å². The lowest BCUT2D eigenvalue weighted by Crippen LogP contribution is -2.19. The van der Waals surface area contributed by atoms with Crippen molar-refractivity contribution in [3.8, 4) is 0 Å². The van der Waals surface area contributed by atoms with E-state index in [0.29, 0.717) is 11.3 Å². The Labute approximate surface area is 116 Å². The van der Waals surface area contributed by atoms with Gasteiger partial charge in [0.05, 0.1) is 12.6 Å². The first kappa shape index (κ1) is 13.7. The Morgan fingerprint density at radius 1 is 1.15 bits per heavy atom. The van der Waals surface area contributed by atoms with Gasteiger partial charge in [0, 0.05) is 5.69 Å². The van der Waals surface area contributed by atoms with Crippen molar-refractivity contribution in [3.05, 3.63) is 65.5 Å². The average molecular weight is 271 g/mol. The zero-order valence-electron chi connectivity index (χ0n) is 10.7. The van der Waals surface area contributed by atoms with Crippen molar-refractivity contribution < 1.29 is 9.18 Å². The van der Waals surface area contributed by atoms with E-state index in [9.17, 15) is 9.18 Å². The number of hydrogen-bond acceptors (Lipinski definition) is 3. The van der Waals surface area contributed by atoms with Crippen molar-refractivity contribution in [1.82, 2.24) is 5.43 Å². The fraction of sp³-hybridized carbons (Fsp3) is 0.0667. The number of anilines is 1. The Bertz CT molecular complexity index is 606. The van der Waals surface area contributed by atoms with E-state index in [4.69, 9.17) is 5.73 Å². The number of hydrazone groups is 1. The molecule has 0 spiro atoms. The van der Waals surface area contributed by atoms with E-state index in [2.05, 4.69) is 10.5 Å². The highest BCUT2D eigenvalue weighted by atomic mass is 19.1. The van der Waals surface area contributed by atoms with Crippen molar-refractivity contribution >= 4 is 17.8 Å². The second-order valence-corrected chi connectivity index (χ2v) is 4.26. The lowest BCUT2D eigenvalue weighted by atomic mass is 10.1. The van der Waals surface area contributed by atoms with E-state index in [0.717, 1.165) is 5.56 Å². The lowest BCUT2D eigenvalue weighted by Gasteiger charge is -2.01. The molecule has 0 bridgehead atoms. The van der Waals surface area contributed by atoms with Gasteiger partial charge in [-0.05, 0) is 35.4 Å². The molecule has 0 aromatic heterocycles. The standard InChI is InChI=1S/C15H14FN3O/c16-13-5-1-12(2-6-13)10-18-19-15(20)9-11-3-7-14(17)8-4-11/h1-8,10H,9,17H2,(H,19,20)/b18-10-. The largest absolute Gasteiger partial charge is 0.399 e. The van der Waals surface area contributed by atoms with Crippen molar-refractivity contribution in [2.24, 2.45) is 5.10 Å². The number of hydrogen-bond donors (Lipinski definition) is 2. The molecule has 0 atom stereocenters. The molecular formula is C15H14FN3O. The summed E-state index contributed by atoms with van der Waals surface area (Å²) >= 11 is 0. The number of benzene rings is 2. The van der Waals surface area contributed by atoms with E-state index in [1.54, 1.807) is 36.4 Å². The first-order chi connectivity index (χ1) is 9.63. The summed E-state index contributed by atoms with van der Waals surface area (Å²) < 4.78 is 12.7. The third-order valence-electron chi connectivity index (χ3n) is 2.62. The van der Waals surface area contributed by atoms with Crippen LogP contribution in [0.25, 0.3) is 0 Å². The van der Waals surface area contributed by atoms with Gasteiger partial charge in [0.1, 0.15) is 5.82 Å². The molecule has 0 aliphatic heterocycles. The minimum Gasteiger partial charge on any atom is -0.399 e. The van der Waals surface area contributed by atoms with Crippen LogP contribution in [0, 0.1) is 5.82 Å². The molecule has 20 heavy (non-hydrogen) atoms. The number of amides is 1. The van der Waals surface area contributed by atoms with Crippen LogP contribution >= 0.6 is 0 Å². The molecule has 2 aromatic carbocycles. The predicted octanol–water partition coefficient (Wildman–Crippen LogP) is 2.10. The molecule has 5 heteroatoms. The Morgan fingerprint density at radius 2 is 1.80 bits per heavy atom. The monoisotopic (exact) mass is 271 g/mol. The second kappa shape index (κ2) is 6.47. The quantitative estimate of drug-likeness (QED) is 0.508. The third kappa shape index (κ3) is 4.20. The molecule has 0 aliphatic rings. The van der Waals surface area contributed by atoms with Gasteiger partial charge in [-0.15, -0.1) is 0 Å². The molecule has 0 saturated carbocycles. The summed E-state index contributed by atoms with van der Waals surface area (Å²) in [6, 6.07) is 12.9. The minimum atomic E-state index is -0.311. The second-order valence-electron chi connectivity index (χ2n) is 4.26. The highest BCUT2D eigenvalue weighted by Gasteiger charge is 2.01. The summed E-state index contributed by atoms with van der Waals surface area (Å²) in [6.45, 7) is 0. The van der Waals surface area contributed by atoms with Crippen LogP contribution in [0.4, 0.5) is 10.1 Å². The number of nitrogens with two attached hydrogens (primary N) is 1. The van der Waals surface area contributed by atoms with Crippen LogP contribution in [0.2, 0.25) is 0 Å². The predicted molar refractivity (Wildman–Crippen MR) is 76.7 cm³/mol. The summed E-state index contributed by atoms with van der Waals surface area (Å²) in [6.07, 6.45) is 1.68. The topological polar surface area (TPSA) is 67.5 Å². The SMILES string of the molecule is Nc1ccc(CC(=O)N/N=C\c2ccc(F)cc2)cc1. The van der Waals surface area contributed by atoms with E-state index in [1.807, 2.05) is 0 Å². The van der Waals surface area contributed by atoms with Gasteiger partial charge < -0.3 is 5.73 Å². The normalized spacial score (nSPS) is 10.7. The Hall–Kier alpha value is -2.69. The van der Waals surface area contributed by atoms with Gasteiger partial charge in [0.15, 0.2) is 0 Å². The van der Waals surface area contributed by atoms with Crippen LogP contribution < -0.4 is 11.2 Å². The van der Waals surface area contributed by atoms with E-state index < -0.39 is 0 Å². The number of carbonyl (C=O) groups is 1. The number of rotatable bonds is 4. The smallest absolute Gasteiger partial charge is 0.244 e. The minimum absolute atomic E-state index is 0.223. The maximum Gasteiger partial charge on any atom is 0.244 e. The van der Waals surface area contributed by atoms with Crippen molar-refractivity contribution in [1.29, 1.82) is 0 Å². The number of halogens is 1. The molecule has 0 unspecified atom stereocenters. The van der Waals surface area contributed by atoms with Gasteiger partial charge in [-0.3, -0.25) is 4.79 Å². The summed E-state index contributed by atoms with van der Waals surface area (Å²) in [5.41, 5.74) is 10.2. The molecule has 0 radical (unpaired) electrons. The molecule has 2 aromatic rings. The third-order valence-corrected chi connectivity index (χ3v) is 2.62. The summed E-state index contributed by atoms with van der Waals surface area (Å²) in [4.78, 5) is 11.6. The summed E-state index contributed by atoms with van der Waals surface area (Å²) in [5, 5.41) is 3.81. The number of nitrogens with zero attached hydrogens (tertiary/aromatic N) is 1. The molecule has 4 nitrogen and oxygen atoms in total. The fourth-order valence-corrected chi connectivity index (χ4v) is 1.59. The van der Waals surface area contributed by atoms with E-state index in [-0.39, 0.29) is 18.1 Å². The zero-order chi connectivity index (χ0) is 14.4. The molecule has 0 aliphatic carbocycles. The van der Waals surface area contributed by atoms with E-state index >= 15 is 0 Å². The van der Waals surface area contributed by atoms with Crippen molar-refractivity contribution in [2.45, 2.75) is 6.42 Å². The van der Waals surface area contributed by atoms with Crippen LogP contribution in [-0.4, -0.2) is 12.1 Å². The van der Waals surface area contributed by atoms with Gasteiger partial charge in [-0.2, -0.15) is 5.10 Å². The van der Waals surface area contributed by atoms with E-state index in [1.165, 1.54) is 18.3 Å². The van der Waals surface area contributed by atoms with Gasteiger partial charge >= 0.3 is 0 Å². The van der Waals surface area contributed by atoms with Crippen LogP contribution in [0.3, 0.4) is 0 Å². The summed E-state index contributed by atoms with van der Waals surface area (Å²) in [5.74, 6) is -0.539. The molecule has 0 saturated heterocycles. The van der Waals surface area contributed by atoms with Gasteiger partial charge in [0.2, 0.25) is 5.91 Å². The maximum absolute atomic E-state index is 12.7. The Balaban J connectivity index is 1.85. The first-order valence-electron chi connectivity index (χ1n) is 6.05.